The monoisotopic (exact) mass is 306 g/mol. The number of rotatable bonds is 6. The molecule has 2 rings (SSSR count). The van der Waals surface area contributed by atoms with Gasteiger partial charge in [-0.3, -0.25) is 9.15 Å². The van der Waals surface area contributed by atoms with Crippen LogP contribution in [0.15, 0.2) is 39.5 Å². The molecule has 0 amide bonds. The number of hydrogen-bond donors (Lipinski definition) is 0. The highest BCUT2D eigenvalue weighted by atomic mass is 17.0. The third kappa shape index (κ3) is 3.78. The van der Waals surface area contributed by atoms with E-state index >= 15 is 0 Å². The van der Waals surface area contributed by atoms with Gasteiger partial charge in [-0.25, -0.2) is 9.59 Å². The van der Waals surface area contributed by atoms with Gasteiger partial charge in [0.2, 0.25) is 0 Å². The summed E-state index contributed by atoms with van der Waals surface area (Å²) in [7, 11) is 0. The molecule has 0 aliphatic rings. The summed E-state index contributed by atoms with van der Waals surface area (Å²) < 4.78 is 19.5. The van der Waals surface area contributed by atoms with Crippen molar-refractivity contribution in [2.75, 3.05) is 0 Å². The van der Waals surface area contributed by atoms with Crippen molar-refractivity contribution in [2.24, 2.45) is 0 Å². The summed E-state index contributed by atoms with van der Waals surface area (Å²) >= 11 is 0. The lowest BCUT2D eigenvalue weighted by Crippen LogP contribution is -2.29. The average molecular weight is 306 g/mol. The maximum atomic E-state index is 12.0. The molecule has 0 unspecified atom stereocenters. The molecular weight excluding hydrogens is 288 g/mol. The summed E-state index contributed by atoms with van der Waals surface area (Å²) in [4.78, 5) is 23.9. The van der Waals surface area contributed by atoms with Crippen molar-refractivity contribution in [2.45, 2.75) is 39.2 Å². The molecule has 1 aromatic heterocycles. The van der Waals surface area contributed by atoms with Gasteiger partial charge in [-0.05, 0) is 32.4 Å². The molecular formula is C16H18O6. The molecule has 0 fully saturated rings. The van der Waals surface area contributed by atoms with Crippen LogP contribution in [0.5, 0.6) is 5.75 Å². The second-order valence-corrected chi connectivity index (χ2v) is 5.43. The molecule has 0 spiro atoms. The van der Waals surface area contributed by atoms with Crippen LogP contribution in [0.4, 0.5) is 0 Å². The van der Waals surface area contributed by atoms with E-state index in [2.05, 4.69) is 9.15 Å². The molecule has 0 aliphatic heterocycles. The molecule has 6 heteroatoms. The maximum Gasteiger partial charge on any atom is 0.388 e. The highest BCUT2D eigenvalue weighted by Crippen LogP contribution is 2.23. The van der Waals surface area contributed by atoms with Gasteiger partial charge < -0.3 is 9.47 Å². The molecule has 2 aromatic rings. The maximum absolute atomic E-state index is 12.0. The first-order chi connectivity index (χ1) is 10.4. The highest BCUT2D eigenvalue weighted by Gasteiger charge is 2.35. The van der Waals surface area contributed by atoms with Gasteiger partial charge in [0.25, 0.3) is 0 Å². The zero-order valence-corrected chi connectivity index (χ0v) is 12.8. The van der Waals surface area contributed by atoms with Crippen LogP contribution in [-0.2, 0) is 4.74 Å². The fourth-order valence-corrected chi connectivity index (χ4v) is 1.97. The molecule has 0 bridgehead atoms. The standard InChI is InChI=1S/C16H18O6/c1-4-10-16(2,3)20-15(18)13-12(21-22-13)14(17)19-11-8-6-5-7-9-11/h5-9H,4,10H2,1-3H3. The SMILES string of the molecule is CCCC(C)(C)OC(=O)c1ooc1C(=O)Oc1ccccc1. The van der Waals surface area contributed by atoms with Crippen molar-refractivity contribution in [3.8, 4) is 5.75 Å². The Balaban J connectivity index is 2.02. The predicted molar refractivity (Wildman–Crippen MR) is 76.8 cm³/mol. The molecule has 22 heavy (non-hydrogen) atoms. The fourth-order valence-electron chi connectivity index (χ4n) is 1.97. The number of benzene rings is 1. The Morgan fingerprint density at radius 3 is 2.18 bits per heavy atom. The van der Waals surface area contributed by atoms with E-state index in [1.165, 1.54) is 0 Å². The second kappa shape index (κ2) is 6.51. The lowest BCUT2D eigenvalue weighted by Gasteiger charge is -2.24. The van der Waals surface area contributed by atoms with Crippen LogP contribution in [0, 0.1) is 0 Å². The van der Waals surface area contributed by atoms with E-state index in [0.717, 1.165) is 6.42 Å². The van der Waals surface area contributed by atoms with Crippen LogP contribution in [-0.4, -0.2) is 17.5 Å². The molecule has 0 saturated heterocycles. The van der Waals surface area contributed by atoms with Crippen LogP contribution >= 0.6 is 0 Å². The van der Waals surface area contributed by atoms with Gasteiger partial charge in [0.1, 0.15) is 11.4 Å². The van der Waals surface area contributed by atoms with Gasteiger partial charge in [0.05, 0.1) is 0 Å². The quantitative estimate of drug-likeness (QED) is 0.458. The number of carbonyl (C=O) groups is 2. The van der Waals surface area contributed by atoms with Crippen LogP contribution in [0.2, 0.25) is 0 Å². The largest absolute Gasteiger partial charge is 0.454 e. The summed E-state index contributed by atoms with van der Waals surface area (Å²) in [6, 6.07) is 8.45. The number of esters is 2. The van der Waals surface area contributed by atoms with E-state index in [9.17, 15) is 9.59 Å². The Kier molecular flexibility index (Phi) is 4.70. The van der Waals surface area contributed by atoms with E-state index in [4.69, 9.17) is 9.47 Å². The highest BCUT2D eigenvalue weighted by molar-refractivity contribution is 6.00. The lowest BCUT2D eigenvalue weighted by molar-refractivity contribution is -0.0544. The topological polar surface area (TPSA) is 78.9 Å². The Bertz CT molecular complexity index is 635. The van der Waals surface area contributed by atoms with Crippen molar-refractivity contribution < 1.29 is 28.2 Å². The summed E-state index contributed by atoms with van der Waals surface area (Å²) in [5.41, 5.74) is -0.647. The van der Waals surface area contributed by atoms with Gasteiger partial charge >= 0.3 is 23.5 Å². The minimum Gasteiger partial charge on any atom is -0.454 e. The van der Waals surface area contributed by atoms with E-state index in [-0.39, 0.29) is 11.5 Å². The number of hydrogen-bond acceptors (Lipinski definition) is 6. The minimum atomic E-state index is -0.808. The summed E-state index contributed by atoms with van der Waals surface area (Å²) in [5, 5.41) is 0. The predicted octanol–water partition coefficient (Wildman–Crippen LogP) is 3.83. The molecule has 0 radical (unpaired) electrons. The molecule has 0 aliphatic carbocycles. The molecule has 118 valence electrons. The van der Waals surface area contributed by atoms with Crippen LogP contribution in [0.1, 0.15) is 54.7 Å². The number of carbonyl (C=O) groups excluding carboxylic acids is 2. The van der Waals surface area contributed by atoms with E-state index in [1.54, 1.807) is 44.2 Å². The third-order valence-electron chi connectivity index (χ3n) is 2.96. The normalized spacial score (nSPS) is 11.2. The Hall–Kier alpha value is -2.50. The Morgan fingerprint density at radius 1 is 1.05 bits per heavy atom. The van der Waals surface area contributed by atoms with Crippen molar-refractivity contribution in [1.29, 1.82) is 0 Å². The number of ether oxygens (including phenoxy) is 2. The minimum absolute atomic E-state index is 0.273. The first-order valence-corrected chi connectivity index (χ1v) is 7.02. The van der Waals surface area contributed by atoms with Gasteiger partial charge in [-0.2, -0.15) is 0 Å². The number of para-hydroxylation sites is 1. The summed E-state index contributed by atoms with van der Waals surface area (Å²) in [6.45, 7) is 5.56. The first-order valence-electron chi connectivity index (χ1n) is 7.02. The van der Waals surface area contributed by atoms with Crippen molar-refractivity contribution >= 4 is 11.9 Å². The lowest BCUT2D eigenvalue weighted by atomic mass is 10.0. The average Bonchev–Trinajstić information content (AvgIpc) is 2.37. The first kappa shape index (κ1) is 15.9. The van der Waals surface area contributed by atoms with Crippen LogP contribution < -0.4 is 4.74 Å². The zero-order valence-electron chi connectivity index (χ0n) is 12.8. The van der Waals surface area contributed by atoms with Crippen molar-refractivity contribution in [3.63, 3.8) is 0 Å². The molecule has 1 aromatic carbocycles. The second-order valence-electron chi connectivity index (χ2n) is 5.43. The van der Waals surface area contributed by atoms with Crippen molar-refractivity contribution in [3.05, 3.63) is 41.9 Å². The third-order valence-corrected chi connectivity index (χ3v) is 2.96. The zero-order chi connectivity index (χ0) is 16.2. The van der Waals surface area contributed by atoms with Gasteiger partial charge in [0.15, 0.2) is 0 Å². The summed E-state index contributed by atoms with van der Waals surface area (Å²) in [5.74, 6) is -1.77. The van der Waals surface area contributed by atoms with Gasteiger partial charge in [-0.1, -0.05) is 31.5 Å². The van der Waals surface area contributed by atoms with Gasteiger partial charge in [0, 0.05) is 0 Å². The molecule has 0 N–H and O–H groups in total. The van der Waals surface area contributed by atoms with E-state index < -0.39 is 17.5 Å². The fraction of sp³-hybridized carbons (Fsp3) is 0.375. The molecule has 0 saturated carbocycles. The van der Waals surface area contributed by atoms with Crippen LogP contribution in [0.25, 0.3) is 0 Å². The van der Waals surface area contributed by atoms with Crippen molar-refractivity contribution in [1.82, 2.24) is 0 Å². The van der Waals surface area contributed by atoms with Crippen LogP contribution in [0.3, 0.4) is 0 Å². The molecule has 0 atom stereocenters. The van der Waals surface area contributed by atoms with E-state index in [1.807, 2.05) is 6.92 Å². The molecule has 6 nitrogen and oxygen atoms in total. The smallest absolute Gasteiger partial charge is 0.388 e. The van der Waals surface area contributed by atoms with E-state index in [0.29, 0.717) is 12.2 Å². The van der Waals surface area contributed by atoms with Gasteiger partial charge in [-0.15, -0.1) is 0 Å². The Labute approximate surface area is 127 Å². The molecule has 1 heterocycles. The Morgan fingerprint density at radius 2 is 1.64 bits per heavy atom. The summed E-state index contributed by atoms with van der Waals surface area (Å²) in [6.07, 6.45) is 1.55.